The number of pyridine rings is 1. The molecule has 6 heteroatoms. The van der Waals surface area contributed by atoms with Gasteiger partial charge in [-0.1, -0.05) is 25.3 Å². The molecule has 2 aromatic rings. The zero-order valence-corrected chi connectivity index (χ0v) is 19.9. The number of methoxy groups -OCH3 is 1. The zero-order valence-electron chi connectivity index (χ0n) is 19.9. The second-order valence-electron chi connectivity index (χ2n) is 8.99. The monoisotopic (exact) mass is 441 g/mol. The van der Waals surface area contributed by atoms with Crippen molar-refractivity contribution in [3.63, 3.8) is 0 Å². The van der Waals surface area contributed by atoms with E-state index in [0.717, 1.165) is 31.7 Å². The standard InChI is InChI=1S/C26H39N3O3/c1-21-16-27-12-11-23(21)18-28(2)17-22-9-10-25(31-3)26(15-22)32-20-24(30)19-29-13-7-5-4-6-8-14-29/h9-12,15-16,24,30H,4-8,13-14,17-20H2,1-3H3. The summed E-state index contributed by atoms with van der Waals surface area (Å²) in [5, 5.41) is 10.6. The van der Waals surface area contributed by atoms with E-state index >= 15 is 0 Å². The normalized spacial score (nSPS) is 16.4. The summed E-state index contributed by atoms with van der Waals surface area (Å²) in [6.07, 6.45) is 9.60. The van der Waals surface area contributed by atoms with Gasteiger partial charge in [0.25, 0.3) is 0 Å². The Morgan fingerprint density at radius 3 is 2.53 bits per heavy atom. The first kappa shape index (κ1) is 24.5. The van der Waals surface area contributed by atoms with Gasteiger partial charge in [0.15, 0.2) is 11.5 Å². The number of aliphatic hydroxyl groups is 1. The van der Waals surface area contributed by atoms with Gasteiger partial charge in [0.05, 0.1) is 7.11 Å². The molecule has 0 saturated carbocycles. The number of rotatable bonds is 10. The van der Waals surface area contributed by atoms with E-state index in [4.69, 9.17) is 9.47 Å². The topological polar surface area (TPSA) is 58.1 Å². The predicted octanol–water partition coefficient (Wildman–Crippen LogP) is 4.04. The number of β-amino-alcohol motifs (C(OH)–C–C–N with tert-alkyl or cyclic N) is 1. The predicted molar refractivity (Wildman–Crippen MR) is 128 cm³/mol. The van der Waals surface area contributed by atoms with Crippen molar-refractivity contribution in [2.75, 3.05) is 40.4 Å². The number of ether oxygens (including phenoxy) is 2. The van der Waals surface area contributed by atoms with Crippen molar-refractivity contribution in [1.29, 1.82) is 0 Å². The van der Waals surface area contributed by atoms with Crippen LogP contribution in [0.25, 0.3) is 0 Å². The molecule has 1 aromatic heterocycles. The summed E-state index contributed by atoms with van der Waals surface area (Å²) >= 11 is 0. The molecule has 0 bridgehead atoms. The lowest BCUT2D eigenvalue weighted by Gasteiger charge is -2.27. The fourth-order valence-electron chi connectivity index (χ4n) is 4.30. The number of nitrogens with zero attached hydrogens (tertiary/aromatic N) is 3. The van der Waals surface area contributed by atoms with Crippen molar-refractivity contribution >= 4 is 0 Å². The van der Waals surface area contributed by atoms with E-state index in [1.54, 1.807) is 7.11 Å². The van der Waals surface area contributed by atoms with Gasteiger partial charge in [-0.3, -0.25) is 9.88 Å². The molecule has 0 aliphatic carbocycles. The van der Waals surface area contributed by atoms with Crippen LogP contribution in [0.1, 0.15) is 48.8 Å². The first-order valence-corrected chi connectivity index (χ1v) is 11.8. The summed E-state index contributed by atoms with van der Waals surface area (Å²) in [6.45, 7) is 6.80. The lowest BCUT2D eigenvalue weighted by atomic mass is 10.1. The van der Waals surface area contributed by atoms with Crippen molar-refractivity contribution in [3.8, 4) is 11.5 Å². The minimum absolute atomic E-state index is 0.266. The summed E-state index contributed by atoms with van der Waals surface area (Å²) in [5.74, 6) is 1.38. The molecule has 1 N–H and O–H groups in total. The number of hydrogen-bond donors (Lipinski definition) is 1. The highest BCUT2D eigenvalue weighted by Crippen LogP contribution is 2.29. The SMILES string of the molecule is COc1ccc(CN(C)Cc2ccncc2C)cc1OCC(O)CN1CCCCCCC1. The minimum Gasteiger partial charge on any atom is -0.493 e. The van der Waals surface area contributed by atoms with E-state index in [-0.39, 0.29) is 6.61 Å². The quantitative estimate of drug-likeness (QED) is 0.601. The molecule has 1 unspecified atom stereocenters. The summed E-state index contributed by atoms with van der Waals surface area (Å²) < 4.78 is 11.5. The molecule has 6 nitrogen and oxygen atoms in total. The third kappa shape index (κ3) is 7.76. The Morgan fingerprint density at radius 2 is 1.81 bits per heavy atom. The van der Waals surface area contributed by atoms with Crippen LogP contribution in [-0.4, -0.2) is 66.4 Å². The Hall–Kier alpha value is -2.15. The van der Waals surface area contributed by atoms with Crippen LogP contribution in [0.4, 0.5) is 0 Å². The average Bonchev–Trinajstić information content (AvgIpc) is 2.76. The lowest BCUT2D eigenvalue weighted by Crippen LogP contribution is -2.37. The molecule has 2 heterocycles. The first-order chi connectivity index (χ1) is 15.5. The molecule has 32 heavy (non-hydrogen) atoms. The molecule has 176 valence electrons. The lowest BCUT2D eigenvalue weighted by molar-refractivity contribution is 0.0644. The fraction of sp³-hybridized carbons (Fsp3) is 0.577. The Morgan fingerprint density at radius 1 is 1.06 bits per heavy atom. The summed E-state index contributed by atoms with van der Waals surface area (Å²) in [6, 6.07) is 8.11. The van der Waals surface area contributed by atoms with Gasteiger partial charge in [-0.25, -0.2) is 0 Å². The van der Waals surface area contributed by atoms with Crippen LogP contribution in [0.15, 0.2) is 36.7 Å². The molecule has 1 aromatic carbocycles. The van der Waals surface area contributed by atoms with E-state index in [1.807, 2.05) is 24.5 Å². The van der Waals surface area contributed by atoms with Gasteiger partial charge in [-0.05, 0) is 74.8 Å². The van der Waals surface area contributed by atoms with Crippen molar-refractivity contribution in [2.24, 2.45) is 0 Å². The largest absolute Gasteiger partial charge is 0.493 e. The molecule has 1 aliphatic rings. The van der Waals surface area contributed by atoms with Crippen molar-refractivity contribution in [1.82, 2.24) is 14.8 Å². The molecule has 1 atom stereocenters. The van der Waals surface area contributed by atoms with Crippen LogP contribution in [0, 0.1) is 6.92 Å². The van der Waals surface area contributed by atoms with Gasteiger partial charge in [-0.2, -0.15) is 0 Å². The Labute approximate surface area is 193 Å². The Kier molecular flexibility index (Phi) is 9.78. The molecular weight excluding hydrogens is 402 g/mol. The fourth-order valence-corrected chi connectivity index (χ4v) is 4.30. The van der Waals surface area contributed by atoms with Gasteiger partial charge in [0.1, 0.15) is 12.7 Å². The summed E-state index contributed by atoms with van der Waals surface area (Å²) in [5.41, 5.74) is 3.63. The van der Waals surface area contributed by atoms with E-state index in [1.165, 1.54) is 43.2 Å². The highest BCUT2D eigenvalue weighted by molar-refractivity contribution is 5.43. The second kappa shape index (κ2) is 12.8. The highest BCUT2D eigenvalue weighted by Gasteiger charge is 2.15. The third-order valence-corrected chi connectivity index (χ3v) is 6.11. The van der Waals surface area contributed by atoms with Crippen LogP contribution in [0.3, 0.4) is 0 Å². The maximum Gasteiger partial charge on any atom is 0.161 e. The van der Waals surface area contributed by atoms with Crippen LogP contribution in [0.2, 0.25) is 0 Å². The zero-order chi connectivity index (χ0) is 22.8. The van der Waals surface area contributed by atoms with E-state index in [2.05, 4.69) is 40.9 Å². The maximum absolute atomic E-state index is 10.6. The molecule has 1 saturated heterocycles. The molecule has 1 aliphatic heterocycles. The number of hydrogen-bond acceptors (Lipinski definition) is 6. The van der Waals surface area contributed by atoms with E-state index in [0.29, 0.717) is 18.0 Å². The maximum atomic E-state index is 10.6. The van der Waals surface area contributed by atoms with Crippen molar-refractivity contribution < 1.29 is 14.6 Å². The molecule has 0 radical (unpaired) electrons. The molecule has 1 fully saturated rings. The van der Waals surface area contributed by atoms with Crippen LogP contribution >= 0.6 is 0 Å². The van der Waals surface area contributed by atoms with Crippen molar-refractivity contribution in [2.45, 2.75) is 58.2 Å². The number of benzene rings is 1. The minimum atomic E-state index is -0.514. The molecular formula is C26H39N3O3. The number of aliphatic hydroxyl groups excluding tert-OH is 1. The molecule has 0 amide bonds. The smallest absolute Gasteiger partial charge is 0.161 e. The highest BCUT2D eigenvalue weighted by atomic mass is 16.5. The van der Waals surface area contributed by atoms with E-state index < -0.39 is 6.10 Å². The second-order valence-corrected chi connectivity index (χ2v) is 8.99. The average molecular weight is 442 g/mol. The molecule has 0 spiro atoms. The summed E-state index contributed by atoms with van der Waals surface area (Å²) in [4.78, 5) is 8.82. The Balaban J connectivity index is 1.55. The number of aromatic nitrogens is 1. The van der Waals surface area contributed by atoms with Gasteiger partial charge in [-0.15, -0.1) is 0 Å². The van der Waals surface area contributed by atoms with Gasteiger partial charge in [0.2, 0.25) is 0 Å². The van der Waals surface area contributed by atoms with Crippen LogP contribution in [0.5, 0.6) is 11.5 Å². The van der Waals surface area contributed by atoms with Gasteiger partial charge >= 0.3 is 0 Å². The third-order valence-electron chi connectivity index (χ3n) is 6.11. The van der Waals surface area contributed by atoms with Gasteiger partial charge in [0, 0.05) is 32.0 Å². The Bertz CT molecular complexity index is 822. The van der Waals surface area contributed by atoms with Gasteiger partial charge < -0.3 is 19.5 Å². The number of aryl methyl sites for hydroxylation is 1. The van der Waals surface area contributed by atoms with E-state index in [9.17, 15) is 5.11 Å². The summed E-state index contributed by atoms with van der Waals surface area (Å²) in [7, 11) is 3.76. The first-order valence-electron chi connectivity index (χ1n) is 11.8. The van der Waals surface area contributed by atoms with Crippen LogP contribution < -0.4 is 9.47 Å². The van der Waals surface area contributed by atoms with Crippen molar-refractivity contribution in [3.05, 3.63) is 53.3 Å². The van der Waals surface area contributed by atoms with Crippen LogP contribution in [-0.2, 0) is 13.1 Å². The molecule has 3 rings (SSSR count). The number of likely N-dealkylation sites (tertiary alicyclic amines) is 1.